The summed E-state index contributed by atoms with van der Waals surface area (Å²) in [6, 6.07) is 20.8. The maximum atomic E-state index is 13.4. The zero-order valence-electron chi connectivity index (χ0n) is 24.9. The van der Waals surface area contributed by atoms with E-state index >= 15 is 0 Å². The summed E-state index contributed by atoms with van der Waals surface area (Å²) in [5, 5.41) is 4.13. The molecule has 6 nitrogen and oxygen atoms in total. The Bertz CT molecular complexity index is 1140. The van der Waals surface area contributed by atoms with Crippen molar-refractivity contribution in [2.45, 2.75) is 84.1 Å². The predicted molar refractivity (Wildman–Crippen MR) is 172 cm³/mol. The Balaban J connectivity index is 1.82. The Hall–Kier alpha value is -3.06. The van der Waals surface area contributed by atoms with Crippen LogP contribution in [0.15, 0.2) is 65.7 Å². The van der Waals surface area contributed by atoms with E-state index < -0.39 is 0 Å². The van der Waals surface area contributed by atoms with Gasteiger partial charge in [-0.3, -0.25) is 4.79 Å². The van der Waals surface area contributed by atoms with E-state index in [4.69, 9.17) is 9.97 Å². The molecular weight excluding hydrogens is 514 g/mol. The van der Waals surface area contributed by atoms with E-state index in [1.807, 2.05) is 31.2 Å². The standard InChI is InChI=1S/C33H47N5OS/c1-5-8-9-16-26-40-33-31(32(34-27(4)35-33)38(24-7-3)29-20-14-11-15-21-29)36-30(39)22-17-25-37(23-6-2)28-18-12-10-13-19-28/h10-15,18-21H,5-9,16-17,22-26H2,1-4H3,(H,36,39). The van der Waals surface area contributed by atoms with Gasteiger partial charge in [-0.25, -0.2) is 9.97 Å². The van der Waals surface area contributed by atoms with Gasteiger partial charge in [-0.2, -0.15) is 0 Å². The average Bonchev–Trinajstić information content (AvgIpc) is 2.97. The van der Waals surface area contributed by atoms with Gasteiger partial charge in [-0.15, -0.1) is 11.8 Å². The summed E-state index contributed by atoms with van der Waals surface area (Å²) in [4.78, 5) is 27.7. The molecule has 0 fully saturated rings. The number of hydrogen-bond acceptors (Lipinski definition) is 6. The molecule has 3 aromatic rings. The largest absolute Gasteiger partial charge is 0.372 e. The fourth-order valence-electron chi connectivity index (χ4n) is 4.74. The van der Waals surface area contributed by atoms with Crippen molar-refractivity contribution in [1.29, 1.82) is 0 Å². The first-order chi connectivity index (χ1) is 19.6. The van der Waals surface area contributed by atoms with Gasteiger partial charge in [0.2, 0.25) is 5.91 Å². The highest BCUT2D eigenvalue weighted by atomic mass is 32.2. The number of thioether (sulfide) groups is 1. The molecular formula is C33H47N5OS. The van der Waals surface area contributed by atoms with Crippen LogP contribution in [0.5, 0.6) is 0 Å². The summed E-state index contributed by atoms with van der Waals surface area (Å²) >= 11 is 1.73. The van der Waals surface area contributed by atoms with Crippen molar-refractivity contribution in [2.75, 3.05) is 40.5 Å². The fraction of sp³-hybridized carbons (Fsp3) is 0.485. The van der Waals surface area contributed by atoms with Crippen LogP contribution in [0, 0.1) is 6.92 Å². The average molecular weight is 562 g/mol. The first kappa shape index (κ1) is 31.5. The quantitative estimate of drug-likeness (QED) is 0.0953. The van der Waals surface area contributed by atoms with Crippen LogP contribution in [-0.2, 0) is 4.79 Å². The first-order valence-corrected chi connectivity index (χ1v) is 16.0. The van der Waals surface area contributed by atoms with Gasteiger partial charge in [0.15, 0.2) is 5.82 Å². The number of nitrogens with zero attached hydrogens (tertiary/aromatic N) is 4. The number of aryl methyl sites for hydroxylation is 1. The van der Waals surface area contributed by atoms with Gasteiger partial charge in [-0.05, 0) is 62.6 Å². The van der Waals surface area contributed by atoms with Crippen molar-refractivity contribution in [2.24, 2.45) is 0 Å². The topological polar surface area (TPSA) is 61.4 Å². The molecule has 1 amide bonds. The highest BCUT2D eigenvalue weighted by molar-refractivity contribution is 7.99. The lowest BCUT2D eigenvalue weighted by atomic mass is 10.2. The monoisotopic (exact) mass is 561 g/mol. The van der Waals surface area contributed by atoms with E-state index in [1.165, 1.54) is 24.9 Å². The number of benzene rings is 2. The zero-order chi connectivity index (χ0) is 28.6. The van der Waals surface area contributed by atoms with E-state index in [9.17, 15) is 4.79 Å². The summed E-state index contributed by atoms with van der Waals surface area (Å²) in [7, 11) is 0. The minimum absolute atomic E-state index is 0.00977. The highest BCUT2D eigenvalue weighted by Crippen LogP contribution is 2.37. The Kier molecular flexibility index (Phi) is 13.8. The third-order valence-electron chi connectivity index (χ3n) is 6.69. The molecule has 0 aliphatic rings. The molecule has 2 aromatic carbocycles. The number of para-hydroxylation sites is 2. The SMILES string of the molecule is CCCCCCSc1nc(C)nc(N(CCC)c2ccccc2)c1NC(=O)CCCN(CCC)c1ccccc1. The van der Waals surface area contributed by atoms with Crippen LogP contribution in [0.3, 0.4) is 0 Å². The molecule has 0 radical (unpaired) electrons. The molecule has 0 unspecified atom stereocenters. The molecule has 1 aromatic heterocycles. The normalized spacial score (nSPS) is 10.9. The summed E-state index contributed by atoms with van der Waals surface area (Å²) in [6.45, 7) is 11.1. The van der Waals surface area contributed by atoms with Gasteiger partial charge < -0.3 is 15.1 Å². The van der Waals surface area contributed by atoms with Crippen molar-refractivity contribution in [3.63, 3.8) is 0 Å². The predicted octanol–water partition coefficient (Wildman–Crippen LogP) is 8.64. The van der Waals surface area contributed by atoms with Crippen LogP contribution in [0.4, 0.5) is 22.9 Å². The van der Waals surface area contributed by atoms with Crippen molar-refractivity contribution < 1.29 is 4.79 Å². The van der Waals surface area contributed by atoms with Gasteiger partial charge in [0.05, 0.1) is 0 Å². The number of carbonyl (C=O) groups excluding carboxylic acids is 1. The lowest BCUT2D eigenvalue weighted by Gasteiger charge is -2.27. The smallest absolute Gasteiger partial charge is 0.224 e. The molecule has 0 aliphatic carbocycles. The molecule has 40 heavy (non-hydrogen) atoms. The second-order valence-corrected chi connectivity index (χ2v) is 11.2. The number of aromatic nitrogens is 2. The van der Waals surface area contributed by atoms with Crippen molar-refractivity contribution >= 4 is 40.5 Å². The third kappa shape index (κ3) is 9.84. The third-order valence-corrected chi connectivity index (χ3v) is 7.75. The van der Waals surface area contributed by atoms with E-state index in [-0.39, 0.29) is 5.91 Å². The van der Waals surface area contributed by atoms with Crippen LogP contribution < -0.4 is 15.1 Å². The van der Waals surface area contributed by atoms with Gasteiger partial charge in [-0.1, -0.05) is 76.4 Å². The minimum atomic E-state index is 0.00977. The second kappa shape index (κ2) is 17.6. The Morgan fingerprint density at radius 1 is 0.775 bits per heavy atom. The molecule has 0 saturated carbocycles. The number of unbranched alkanes of at least 4 members (excludes halogenated alkanes) is 3. The Labute approximate surface area is 246 Å². The number of amides is 1. The molecule has 3 rings (SSSR count). The summed E-state index contributed by atoms with van der Waals surface area (Å²) in [6.07, 6.45) is 8.05. The van der Waals surface area contributed by atoms with Gasteiger partial charge in [0.1, 0.15) is 16.5 Å². The van der Waals surface area contributed by atoms with E-state index in [2.05, 4.69) is 72.3 Å². The summed E-state index contributed by atoms with van der Waals surface area (Å²) in [5.41, 5.74) is 3.01. The van der Waals surface area contributed by atoms with Crippen molar-refractivity contribution in [3.05, 3.63) is 66.5 Å². The van der Waals surface area contributed by atoms with Crippen LogP contribution in [0.25, 0.3) is 0 Å². The van der Waals surface area contributed by atoms with Gasteiger partial charge >= 0.3 is 0 Å². The van der Waals surface area contributed by atoms with Crippen LogP contribution in [0.1, 0.15) is 78.0 Å². The number of carbonyl (C=O) groups is 1. The molecule has 0 bridgehead atoms. The zero-order valence-corrected chi connectivity index (χ0v) is 25.7. The molecule has 7 heteroatoms. The Morgan fingerprint density at radius 2 is 1.45 bits per heavy atom. The van der Waals surface area contributed by atoms with Crippen molar-refractivity contribution in [1.82, 2.24) is 9.97 Å². The number of anilines is 4. The lowest BCUT2D eigenvalue weighted by molar-refractivity contribution is -0.116. The second-order valence-electron chi connectivity index (χ2n) is 10.1. The number of hydrogen-bond donors (Lipinski definition) is 1. The van der Waals surface area contributed by atoms with Crippen LogP contribution >= 0.6 is 11.8 Å². The summed E-state index contributed by atoms with van der Waals surface area (Å²) in [5.74, 6) is 2.48. The number of rotatable bonds is 18. The molecule has 216 valence electrons. The summed E-state index contributed by atoms with van der Waals surface area (Å²) < 4.78 is 0. The maximum Gasteiger partial charge on any atom is 0.224 e. The maximum absolute atomic E-state index is 13.4. The Morgan fingerprint density at radius 3 is 2.10 bits per heavy atom. The minimum Gasteiger partial charge on any atom is -0.372 e. The molecule has 0 spiro atoms. The van der Waals surface area contributed by atoms with Gasteiger partial charge in [0, 0.05) is 37.4 Å². The van der Waals surface area contributed by atoms with Crippen LogP contribution in [-0.4, -0.2) is 41.3 Å². The highest BCUT2D eigenvalue weighted by Gasteiger charge is 2.22. The van der Waals surface area contributed by atoms with Crippen molar-refractivity contribution in [3.8, 4) is 0 Å². The molecule has 1 heterocycles. The molecule has 0 aliphatic heterocycles. The molecule has 0 saturated heterocycles. The first-order valence-electron chi connectivity index (χ1n) is 15.0. The van der Waals surface area contributed by atoms with E-state index in [0.29, 0.717) is 6.42 Å². The van der Waals surface area contributed by atoms with E-state index in [0.717, 1.165) is 79.1 Å². The molecule has 1 N–H and O–H groups in total. The molecule has 0 atom stereocenters. The lowest BCUT2D eigenvalue weighted by Crippen LogP contribution is -2.27. The van der Waals surface area contributed by atoms with Crippen LogP contribution in [0.2, 0.25) is 0 Å². The fourth-order valence-corrected chi connectivity index (χ4v) is 5.76. The van der Waals surface area contributed by atoms with E-state index in [1.54, 1.807) is 11.8 Å². The van der Waals surface area contributed by atoms with Gasteiger partial charge in [0.25, 0.3) is 0 Å². The number of nitrogens with one attached hydrogen (secondary N) is 1.